The topological polar surface area (TPSA) is 117 Å². The number of hydrogen-bond acceptors (Lipinski definition) is 8. The third-order valence-corrected chi connectivity index (χ3v) is 6.33. The summed E-state index contributed by atoms with van der Waals surface area (Å²) in [6.45, 7) is 7.37. The summed E-state index contributed by atoms with van der Waals surface area (Å²) in [4.78, 5) is 53.2. The number of hydroxylamine groups is 1. The first-order chi connectivity index (χ1) is 20.6. The zero-order valence-electron chi connectivity index (χ0n) is 25.1. The van der Waals surface area contributed by atoms with E-state index in [0.29, 0.717) is 29.9 Å². The molecule has 228 valence electrons. The van der Waals surface area contributed by atoms with Gasteiger partial charge in [0.15, 0.2) is 0 Å². The fourth-order valence-corrected chi connectivity index (χ4v) is 3.68. The molecule has 0 fully saturated rings. The molecule has 9 nitrogen and oxygen atoms in total. The van der Waals surface area contributed by atoms with Gasteiger partial charge in [0.2, 0.25) is 5.91 Å². The number of carbonyl (C=O) groups excluding carboxylic acids is 4. The molecule has 3 aromatic carbocycles. The van der Waals surface area contributed by atoms with E-state index in [1.54, 1.807) is 88.4 Å². The molecule has 0 unspecified atom stereocenters. The Morgan fingerprint density at radius 1 is 0.628 bits per heavy atom. The van der Waals surface area contributed by atoms with Crippen molar-refractivity contribution in [2.45, 2.75) is 66.6 Å². The maximum atomic E-state index is 12.4. The Bertz CT molecular complexity index is 1350. The van der Waals surface area contributed by atoms with Crippen LogP contribution in [0, 0.1) is 11.8 Å². The molecular formula is C34H39NO8. The smallest absolute Gasteiger partial charge is 0.338 e. The fourth-order valence-electron chi connectivity index (χ4n) is 3.68. The molecule has 0 aliphatic heterocycles. The van der Waals surface area contributed by atoms with Gasteiger partial charge >= 0.3 is 17.9 Å². The average molecular weight is 590 g/mol. The Morgan fingerprint density at radius 2 is 1.12 bits per heavy atom. The molecule has 0 saturated heterocycles. The van der Waals surface area contributed by atoms with Gasteiger partial charge < -0.3 is 14.2 Å². The highest BCUT2D eigenvalue weighted by Crippen LogP contribution is 2.17. The van der Waals surface area contributed by atoms with Gasteiger partial charge in [-0.05, 0) is 72.4 Å². The van der Waals surface area contributed by atoms with E-state index in [2.05, 4.69) is 5.48 Å². The number of aryl methyl sites for hydroxylation is 1. The van der Waals surface area contributed by atoms with Gasteiger partial charge in [-0.3, -0.25) is 19.2 Å². The SMILES string of the molecule is CC(C)C(=O)Oc1ccc(CONC(=O)CCCCc2ccc(C(=O)OCc3ccc(OC(=O)C(C)C)cc3)cc2)cc1. The molecule has 0 radical (unpaired) electrons. The van der Waals surface area contributed by atoms with Crippen molar-refractivity contribution in [3.63, 3.8) is 0 Å². The molecular weight excluding hydrogens is 550 g/mol. The molecule has 9 heteroatoms. The van der Waals surface area contributed by atoms with E-state index in [0.717, 1.165) is 29.5 Å². The molecule has 0 aliphatic rings. The van der Waals surface area contributed by atoms with E-state index >= 15 is 0 Å². The third kappa shape index (κ3) is 11.7. The molecule has 0 atom stereocenters. The van der Waals surface area contributed by atoms with E-state index in [-0.39, 0.29) is 42.9 Å². The van der Waals surface area contributed by atoms with Crippen LogP contribution in [0.1, 0.15) is 74.0 Å². The minimum Gasteiger partial charge on any atom is -0.457 e. The molecule has 3 aromatic rings. The Hall–Kier alpha value is -4.50. The molecule has 0 spiro atoms. The first-order valence-electron chi connectivity index (χ1n) is 14.4. The molecule has 1 amide bonds. The normalized spacial score (nSPS) is 10.8. The van der Waals surface area contributed by atoms with Crippen molar-refractivity contribution in [1.29, 1.82) is 0 Å². The maximum Gasteiger partial charge on any atom is 0.338 e. The van der Waals surface area contributed by atoms with E-state index in [1.807, 2.05) is 12.1 Å². The average Bonchev–Trinajstić information content (AvgIpc) is 3.00. The van der Waals surface area contributed by atoms with E-state index < -0.39 is 5.97 Å². The van der Waals surface area contributed by atoms with Gasteiger partial charge in [-0.15, -0.1) is 0 Å². The summed E-state index contributed by atoms with van der Waals surface area (Å²) in [5, 5.41) is 0. The van der Waals surface area contributed by atoms with E-state index in [1.165, 1.54) is 0 Å². The summed E-state index contributed by atoms with van der Waals surface area (Å²) < 4.78 is 15.9. The van der Waals surface area contributed by atoms with Gasteiger partial charge in [-0.1, -0.05) is 64.1 Å². The van der Waals surface area contributed by atoms with Gasteiger partial charge in [0.05, 0.1) is 24.0 Å². The van der Waals surface area contributed by atoms with Crippen molar-refractivity contribution in [2.24, 2.45) is 11.8 Å². The van der Waals surface area contributed by atoms with Crippen molar-refractivity contribution < 1.29 is 38.2 Å². The van der Waals surface area contributed by atoms with Crippen LogP contribution in [0.4, 0.5) is 0 Å². The minimum atomic E-state index is -0.427. The summed E-state index contributed by atoms with van der Waals surface area (Å²) in [7, 11) is 0. The standard InChI is InChI=1S/C34H39NO8/c1-23(2)32(37)42-29-17-11-26(12-18-29)21-40-34(39)28-15-9-25(10-16-28)7-5-6-8-31(36)35-41-22-27-13-19-30(20-14-27)43-33(38)24(3)4/h9-20,23-24H,5-8,21-22H2,1-4H3,(H,35,36). The Labute approximate surface area is 252 Å². The van der Waals surface area contributed by atoms with Crippen LogP contribution in [0.15, 0.2) is 72.8 Å². The van der Waals surface area contributed by atoms with Crippen LogP contribution >= 0.6 is 0 Å². The van der Waals surface area contributed by atoms with Crippen LogP contribution in [0.3, 0.4) is 0 Å². The van der Waals surface area contributed by atoms with Crippen LogP contribution in [-0.2, 0) is 43.6 Å². The number of unbranched alkanes of at least 4 members (excludes halogenated alkanes) is 1. The molecule has 0 aromatic heterocycles. The summed E-state index contributed by atoms with van der Waals surface area (Å²) >= 11 is 0. The molecule has 0 heterocycles. The van der Waals surface area contributed by atoms with Gasteiger partial charge in [0, 0.05) is 6.42 Å². The Balaban J connectivity index is 1.29. The van der Waals surface area contributed by atoms with Gasteiger partial charge in [0.1, 0.15) is 18.1 Å². The van der Waals surface area contributed by atoms with Crippen molar-refractivity contribution in [1.82, 2.24) is 5.48 Å². The highest BCUT2D eigenvalue weighted by atomic mass is 16.6. The number of hydrogen-bond donors (Lipinski definition) is 1. The highest BCUT2D eigenvalue weighted by molar-refractivity contribution is 5.89. The number of amides is 1. The predicted molar refractivity (Wildman–Crippen MR) is 160 cm³/mol. The van der Waals surface area contributed by atoms with Crippen LogP contribution in [0.2, 0.25) is 0 Å². The molecule has 0 bridgehead atoms. The number of esters is 3. The lowest BCUT2D eigenvalue weighted by molar-refractivity contribution is -0.138. The maximum absolute atomic E-state index is 12.4. The summed E-state index contributed by atoms with van der Waals surface area (Å²) in [6, 6.07) is 21.0. The van der Waals surface area contributed by atoms with Crippen molar-refractivity contribution >= 4 is 23.8 Å². The van der Waals surface area contributed by atoms with E-state index in [9.17, 15) is 19.2 Å². The summed E-state index contributed by atoms with van der Waals surface area (Å²) in [5.41, 5.74) is 5.58. The quantitative estimate of drug-likeness (QED) is 0.0974. The largest absolute Gasteiger partial charge is 0.457 e. The molecule has 3 rings (SSSR count). The van der Waals surface area contributed by atoms with E-state index in [4.69, 9.17) is 19.0 Å². The van der Waals surface area contributed by atoms with Crippen molar-refractivity contribution in [2.75, 3.05) is 0 Å². The lowest BCUT2D eigenvalue weighted by Gasteiger charge is -2.09. The Morgan fingerprint density at radius 3 is 1.63 bits per heavy atom. The lowest BCUT2D eigenvalue weighted by atomic mass is 10.1. The third-order valence-electron chi connectivity index (χ3n) is 6.33. The fraction of sp³-hybridized carbons (Fsp3) is 0.353. The monoisotopic (exact) mass is 589 g/mol. The van der Waals surface area contributed by atoms with Gasteiger partial charge in [0.25, 0.3) is 0 Å². The first kappa shape index (κ1) is 33.0. The number of nitrogens with one attached hydrogen (secondary N) is 1. The second-order valence-electron chi connectivity index (χ2n) is 10.7. The van der Waals surface area contributed by atoms with Crippen LogP contribution < -0.4 is 15.0 Å². The predicted octanol–water partition coefficient (Wildman–Crippen LogP) is 6.13. The molecule has 0 saturated carbocycles. The van der Waals surface area contributed by atoms with Crippen LogP contribution in [0.5, 0.6) is 11.5 Å². The van der Waals surface area contributed by atoms with Crippen LogP contribution in [0.25, 0.3) is 0 Å². The van der Waals surface area contributed by atoms with Gasteiger partial charge in [-0.2, -0.15) is 0 Å². The second-order valence-corrected chi connectivity index (χ2v) is 10.7. The number of benzene rings is 3. The van der Waals surface area contributed by atoms with Crippen molar-refractivity contribution in [3.8, 4) is 11.5 Å². The minimum absolute atomic E-state index is 0.104. The Kier molecular flexibility index (Phi) is 12.9. The zero-order chi connectivity index (χ0) is 31.2. The second kappa shape index (κ2) is 16.8. The number of ether oxygens (including phenoxy) is 3. The zero-order valence-corrected chi connectivity index (χ0v) is 25.1. The first-order valence-corrected chi connectivity index (χ1v) is 14.4. The summed E-state index contributed by atoms with van der Waals surface area (Å²) in [5.74, 6) is -0.734. The van der Waals surface area contributed by atoms with Gasteiger partial charge in [-0.25, -0.2) is 10.3 Å². The molecule has 43 heavy (non-hydrogen) atoms. The number of carbonyl (C=O) groups is 4. The molecule has 1 N–H and O–H groups in total. The van der Waals surface area contributed by atoms with Crippen molar-refractivity contribution in [3.05, 3.63) is 95.1 Å². The lowest BCUT2D eigenvalue weighted by Crippen LogP contribution is -2.23. The highest BCUT2D eigenvalue weighted by Gasteiger charge is 2.12. The number of rotatable bonds is 15. The molecule has 0 aliphatic carbocycles. The van der Waals surface area contributed by atoms with Crippen LogP contribution in [-0.4, -0.2) is 23.8 Å². The summed E-state index contributed by atoms with van der Waals surface area (Å²) in [6.07, 6.45) is 2.58.